The van der Waals surface area contributed by atoms with Gasteiger partial charge >= 0.3 is 0 Å². The van der Waals surface area contributed by atoms with Gasteiger partial charge in [0.25, 0.3) is 0 Å². The molecule has 1 aromatic rings. The van der Waals surface area contributed by atoms with Crippen molar-refractivity contribution < 1.29 is 14.6 Å². The van der Waals surface area contributed by atoms with Crippen LogP contribution in [-0.2, 0) is 11.2 Å². The van der Waals surface area contributed by atoms with Crippen LogP contribution in [0, 0.1) is 13.8 Å². The number of aryl methyl sites for hydroxylation is 1. The first-order chi connectivity index (χ1) is 9.51. The number of hydrogen-bond acceptors (Lipinski definition) is 4. The number of aliphatic hydroxyl groups is 1. The third-order valence-electron chi connectivity index (χ3n) is 4.58. The van der Waals surface area contributed by atoms with Crippen LogP contribution >= 0.6 is 0 Å². The molecule has 1 fully saturated rings. The highest BCUT2D eigenvalue weighted by atomic mass is 16.5. The molecule has 1 atom stereocenters. The van der Waals surface area contributed by atoms with Crippen molar-refractivity contribution in [1.82, 2.24) is 4.98 Å². The van der Waals surface area contributed by atoms with Gasteiger partial charge in [0.15, 0.2) is 0 Å². The van der Waals surface area contributed by atoms with E-state index in [0.717, 1.165) is 22.6 Å². The van der Waals surface area contributed by atoms with Gasteiger partial charge in [-0.3, -0.25) is 4.98 Å². The second-order valence-electron chi connectivity index (χ2n) is 7.30. The highest BCUT2D eigenvalue weighted by Crippen LogP contribution is 2.46. The first kappa shape index (κ1) is 16.2. The zero-order valence-electron chi connectivity index (χ0n) is 14.2. The molecule has 1 unspecified atom stereocenters. The van der Waals surface area contributed by atoms with Crippen LogP contribution in [0.2, 0.25) is 0 Å². The molecule has 0 spiro atoms. The van der Waals surface area contributed by atoms with Gasteiger partial charge in [0, 0.05) is 35.9 Å². The Bertz CT molecular complexity index is 551. The number of nitrogens with zero attached hydrogens (tertiary/aromatic N) is 1. The van der Waals surface area contributed by atoms with Crippen molar-refractivity contribution in [3.8, 4) is 5.75 Å². The lowest BCUT2D eigenvalue weighted by molar-refractivity contribution is -0.126. The van der Waals surface area contributed by atoms with Gasteiger partial charge in [-0.1, -0.05) is 0 Å². The molecule has 0 radical (unpaired) electrons. The van der Waals surface area contributed by atoms with Crippen LogP contribution in [0.4, 0.5) is 0 Å². The van der Waals surface area contributed by atoms with E-state index in [1.165, 1.54) is 0 Å². The zero-order chi connectivity index (χ0) is 16.1. The monoisotopic (exact) mass is 293 g/mol. The zero-order valence-corrected chi connectivity index (χ0v) is 14.2. The van der Waals surface area contributed by atoms with Crippen molar-refractivity contribution in [2.24, 2.45) is 0 Å². The van der Waals surface area contributed by atoms with E-state index in [9.17, 15) is 5.11 Å². The Morgan fingerprint density at radius 2 is 1.90 bits per heavy atom. The topological polar surface area (TPSA) is 51.6 Å². The summed E-state index contributed by atoms with van der Waals surface area (Å²) in [6.45, 7) is 11.9. The van der Waals surface area contributed by atoms with Crippen LogP contribution in [0.3, 0.4) is 0 Å². The van der Waals surface area contributed by atoms with E-state index in [1.54, 1.807) is 13.3 Å². The predicted molar refractivity (Wildman–Crippen MR) is 82.8 cm³/mol. The van der Waals surface area contributed by atoms with E-state index in [-0.39, 0.29) is 5.60 Å². The van der Waals surface area contributed by atoms with Gasteiger partial charge in [-0.15, -0.1) is 0 Å². The summed E-state index contributed by atoms with van der Waals surface area (Å²) < 4.78 is 11.5. The largest absolute Gasteiger partial charge is 0.496 e. The predicted octanol–water partition coefficient (Wildman–Crippen LogP) is 2.96. The lowest BCUT2D eigenvalue weighted by Gasteiger charge is -2.35. The highest BCUT2D eigenvalue weighted by molar-refractivity contribution is 5.41. The van der Waals surface area contributed by atoms with Gasteiger partial charge in [0.1, 0.15) is 11.4 Å². The maximum atomic E-state index is 11.2. The van der Waals surface area contributed by atoms with Gasteiger partial charge in [0.2, 0.25) is 0 Å². The van der Waals surface area contributed by atoms with E-state index >= 15 is 0 Å². The smallest absolute Gasteiger partial charge is 0.128 e. The summed E-state index contributed by atoms with van der Waals surface area (Å²) in [5, 5.41) is 11.2. The third kappa shape index (κ3) is 2.79. The molecule has 4 nitrogen and oxygen atoms in total. The van der Waals surface area contributed by atoms with Gasteiger partial charge in [0.05, 0.1) is 18.3 Å². The Morgan fingerprint density at radius 1 is 1.29 bits per heavy atom. The molecule has 0 bridgehead atoms. The molecule has 1 aliphatic rings. The molecule has 0 amide bonds. The molecule has 21 heavy (non-hydrogen) atoms. The maximum Gasteiger partial charge on any atom is 0.128 e. The molecular formula is C17H27NO3. The summed E-state index contributed by atoms with van der Waals surface area (Å²) in [5.41, 5.74) is 0.992. The minimum absolute atomic E-state index is 0.332. The van der Waals surface area contributed by atoms with Gasteiger partial charge < -0.3 is 14.6 Å². The van der Waals surface area contributed by atoms with E-state index in [0.29, 0.717) is 12.8 Å². The third-order valence-corrected chi connectivity index (χ3v) is 4.58. The molecule has 1 aromatic heterocycles. The second kappa shape index (κ2) is 4.96. The lowest BCUT2D eigenvalue weighted by Crippen LogP contribution is -2.48. The maximum absolute atomic E-state index is 11.2. The summed E-state index contributed by atoms with van der Waals surface area (Å²) in [5.74, 6) is 0.847. The average molecular weight is 293 g/mol. The molecule has 1 N–H and O–H groups in total. The van der Waals surface area contributed by atoms with Crippen LogP contribution < -0.4 is 4.74 Å². The van der Waals surface area contributed by atoms with Crippen LogP contribution in [0.1, 0.15) is 50.9 Å². The van der Waals surface area contributed by atoms with Crippen molar-refractivity contribution >= 4 is 0 Å². The molecule has 2 rings (SSSR count). The SMILES string of the molecule is COc1c(C)cnc(CC2(O)CC(C)(C)OC2(C)C)c1C. The van der Waals surface area contributed by atoms with Crippen LogP contribution in [0.5, 0.6) is 5.75 Å². The van der Waals surface area contributed by atoms with Crippen molar-refractivity contribution in [2.75, 3.05) is 7.11 Å². The number of methoxy groups -OCH3 is 1. The molecule has 1 aliphatic heterocycles. The van der Waals surface area contributed by atoms with Crippen molar-refractivity contribution in [3.05, 3.63) is 23.0 Å². The Morgan fingerprint density at radius 3 is 2.38 bits per heavy atom. The summed E-state index contributed by atoms with van der Waals surface area (Å²) >= 11 is 0. The van der Waals surface area contributed by atoms with E-state index in [2.05, 4.69) is 4.98 Å². The molecule has 1 saturated heterocycles. The average Bonchev–Trinajstić information content (AvgIpc) is 2.47. The molecule has 0 saturated carbocycles. The molecule has 2 heterocycles. The van der Waals surface area contributed by atoms with E-state index in [4.69, 9.17) is 9.47 Å². The van der Waals surface area contributed by atoms with E-state index in [1.807, 2.05) is 41.5 Å². The standard InChI is InChI=1S/C17H27NO3/c1-11-9-18-13(12(2)14(11)20-7)8-17(19)10-15(3,4)21-16(17,5)6/h9,19H,8,10H2,1-7H3. The molecule has 0 aromatic carbocycles. The van der Waals surface area contributed by atoms with Gasteiger partial charge in [-0.2, -0.15) is 0 Å². The highest BCUT2D eigenvalue weighted by Gasteiger charge is 2.56. The van der Waals surface area contributed by atoms with Crippen molar-refractivity contribution in [3.63, 3.8) is 0 Å². The van der Waals surface area contributed by atoms with Crippen molar-refractivity contribution in [1.29, 1.82) is 0 Å². The summed E-state index contributed by atoms with van der Waals surface area (Å²) in [4.78, 5) is 4.51. The number of aromatic nitrogens is 1. The minimum Gasteiger partial charge on any atom is -0.496 e. The molecule has 4 heteroatoms. The van der Waals surface area contributed by atoms with E-state index < -0.39 is 11.2 Å². The quantitative estimate of drug-likeness (QED) is 0.931. The number of ether oxygens (including phenoxy) is 2. The van der Waals surface area contributed by atoms with Gasteiger partial charge in [-0.25, -0.2) is 0 Å². The molecule has 118 valence electrons. The summed E-state index contributed by atoms with van der Waals surface area (Å²) in [7, 11) is 1.67. The Balaban J connectivity index is 2.38. The minimum atomic E-state index is -0.936. The molecular weight excluding hydrogens is 266 g/mol. The Kier molecular flexibility index (Phi) is 3.83. The Labute approximate surface area is 127 Å². The molecule has 0 aliphatic carbocycles. The normalized spacial score (nSPS) is 26.9. The fourth-order valence-corrected chi connectivity index (χ4v) is 3.54. The number of pyridine rings is 1. The van der Waals surface area contributed by atoms with Crippen LogP contribution in [0.15, 0.2) is 6.20 Å². The first-order valence-corrected chi connectivity index (χ1v) is 7.43. The number of hydrogen-bond donors (Lipinski definition) is 1. The summed E-state index contributed by atoms with van der Waals surface area (Å²) in [6, 6.07) is 0. The van der Waals surface area contributed by atoms with Crippen LogP contribution in [0.25, 0.3) is 0 Å². The fourth-order valence-electron chi connectivity index (χ4n) is 3.54. The number of rotatable bonds is 3. The van der Waals surface area contributed by atoms with Gasteiger partial charge in [-0.05, 0) is 41.5 Å². The summed E-state index contributed by atoms with van der Waals surface area (Å²) in [6.07, 6.45) is 2.86. The van der Waals surface area contributed by atoms with Crippen LogP contribution in [-0.4, -0.2) is 34.0 Å². The Hall–Kier alpha value is -1.13. The van der Waals surface area contributed by atoms with Crippen molar-refractivity contribution in [2.45, 2.75) is 71.2 Å². The lowest BCUT2D eigenvalue weighted by atomic mass is 9.78. The second-order valence-corrected chi connectivity index (χ2v) is 7.30. The first-order valence-electron chi connectivity index (χ1n) is 7.43. The fraction of sp³-hybridized carbons (Fsp3) is 0.706.